The van der Waals surface area contributed by atoms with Gasteiger partial charge < -0.3 is 14.7 Å². The summed E-state index contributed by atoms with van der Waals surface area (Å²) in [7, 11) is 1.40. The number of phenols is 1. The fourth-order valence-corrected chi connectivity index (χ4v) is 1.90. The summed E-state index contributed by atoms with van der Waals surface area (Å²) in [5.74, 6) is 0.0840. The molecule has 0 saturated carbocycles. The molecule has 0 bridgehead atoms. The van der Waals surface area contributed by atoms with Gasteiger partial charge in [-0.05, 0) is 31.9 Å². The molecule has 4 nitrogen and oxygen atoms in total. The van der Waals surface area contributed by atoms with Crippen molar-refractivity contribution in [2.75, 3.05) is 25.1 Å². The Morgan fingerprint density at radius 2 is 2.17 bits per heavy atom. The third kappa shape index (κ3) is 3.95. The molecule has 0 atom stereocenters. The van der Waals surface area contributed by atoms with Crippen molar-refractivity contribution in [1.82, 2.24) is 0 Å². The fourth-order valence-electron chi connectivity index (χ4n) is 1.90. The SMILES string of the molecule is CCN(CCCC(=O)OC)c1cc(O)ccc1C. The van der Waals surface area contributed by atoms with Crippen LogP contribution in [0.3, 0.4) is 0 Å². The van der Waals surface area contributed by atoms with Gasteiger partial charge in [0, 0.05) is 31.3 Å². The van der Waals surface area contributed by atoms with Crippen molar-refractivity contribution >= 4 is 11.7 Å². The van der Waals surface area contributed by atoms with E-state index in [1.165, 1.54) is 7.11 Å². The van der Waals surface area contributed by atoms with Crippen LogP contribution < -0.4 is 4.90 Å². The Morgan fingerprint density at radius 1 is 1.44 bits per heavy atom. The molecule has 0 aliphatic heterocycles. The molecule has 1 N–H and O–H groups in total. The molecule has 0 saturated heterocycles. The Bertz CT molecular complexity index is 404. The molecule has 0 fully saturated rings. The molecule has 100 valence electrons. The van der Waals surface area contributed by atoms with Gasteiger partial charge in [0.25, 0.3) is 0 Å². The van der Waals surface area contributed by atoms with Crippen LogP contribution in [0.25, 0.3) is 0 Å². The van der Waals surface area contributed by atoms with Gasteiger partial charge in [0.1, 0.15) is 5.75 Å². The molecule has 1 aromatic rings. The van der Waals surface area contributed by atoms with E-state index in [0.29, 0.717) is 6.42 Å². The Kier molecular flexibility index (Phi) is 5.49. The molecule has 18 heavy (non-hydrogen) atoms. The lowest BCUT2D eigenvalue weighted by Crippen LogP contribution is -2.25. The van der Waals surface area contributed by atoms with E-state index in [1.54, 1.807) is 12.1 Å². The van der Waals surface area contributed by atoms with Crippen molar-refractivity contribution in [2.24, 2.45) is 0 Å². The highest BCUT2D eigenvalue weighted by Crippen LogP contribution is 2.25. The molecule has 0 unspecified atom stereocenters. The van der Waals surface area contributed by atoms with E-state index in [0.717, 1.165) is 30.8 Å². The van der Waals surface area contributed by atoms with Gasteiger partial charge in [-0.2, -0.15) is 0 Å². The number of aryl methyl sites for hydroxylation is 1. The van der Waals surface area contributed by atoms with Gasteiger partial charge in [0.05, 0.1) is 7.11 Å². The number of rotatable bonds is 6. The first-order chi connectivity index (χ1) is 8.58. The highest BCUT2D eigenvalue weighted by molar-refractivity contribution is 5.69. The number of hydrogen-bond donors (Lipinski definition) is 1. The Balaban J connectivity index is 2.65. The lowest BCUT2D eigenvalue weighted by atomic mass is 10.1. The minimum Gasteiger partial charge on any atom is -0.508 e. The van der Waals surface area contributed by atoms with Gasteiger partial charge in [-0.3, -0.25) is 4.79 Å². The van der Waals surface area contributed by atoms with Crippen LogP contribution in [0.4, 0.5) is 5.69 Å². The predicted octanol–water partition coefficient (Wildman–Crippen LogP) is 2.48. The van der Waals surface area contributed by atoms with Crippen LogP contribution in [0, 0.1) is 6.92 Å². The van der Waals surface area contributed by atoms with E-state index in [-0.39, 0.29) is 11.7 Å². The molecule has 0 aliphatic rings. The van der Waals surface area contributed by atoms with E-state index in [9.17, 15) is 9.90 Å². The summed E-state index contributed by atoms with van der Waals surface area (Å²) in [6.45, 7) is 5.68. The van der Waals surface area contributed by atoms with Crippen molar-refractivity contribution in [2.45, 2.75) is 26.7 Å². The van der Waals surface area contributed by atoms with Gasteiger partial charge in [-0.15, -0.1) is 0 Å². The summed E-state index contributed by atoms with van der Waals surface area (Å²) in [6.07, 6.45) is 1.17. The smallest absolute Gasteiger partial charge is 0.305 e. The second-order valence-corrected chi connectivity index (χ2v) is 4.23. The Labute approximate surface area is 108 Å². The summed E-state index contributed by atoms with van der Waals surface area (Å²) in [4.78, 5) is 13.2. The van der Waals surface area contributed by atoms with E-state index in [4.69, 9.17) is 0 Å². The molecule has 0 spiro atoms. The van der Waals surface area contributed by atoms with E-state index in [2.05, 4.69) is 16.6 Å². The summed E-state index contributed by atoms with van der Waals surface area (Å²) >= 11 is 0. The maximum Gasteiger partial charge on any atom is 0.305 e. The molecular weight excluding hydrogens is 230 g/mol. The molecule has 1 aromatic carbocycles. The maximum absolute atomic E-state index is 11.1. The Hall–Kier alpha value is -1.71. The van der Waals surface area contributed by atoms with Crippen LogP contribution in [0.2, 0.25) is 0 Å². The van der Waals surface area contributed by atoms with Crippen LogP contribution >= 0.6 is 0 Å². The number of benzene rings is 1. The minimum absolute atomic E-state index is 0.182. The lowest BCUT2D eigenvalue weighted by molar-refractivity contribution is -0.140. The molecule has 0 amide bonds. The van der Waals surface area contributed by atoms with Crippen molar-refractivity contribution in [1.29, 1.82) is 0 Å². The number of nitrogens with zero attached hydrogens (tertiary/aromatic N) is 1. The van der Waals surface area contributed by atoms with Crippen molar-refractivity contribution in [3.8, 4) is 5.75 Å². The van der Waals surface area contributed by atoms with E-state index in [1.807, 2.05) is 13.0 Å². The number of aromatic hydroxyl groups is 1. The van der Waals surface area contributed by atoms with Crippen molar-refractivity contribution in [3.63, 3.8) is 0 Å². The number of ether oxygens (including phenoxy) is 1. The number of methoxy groups -OCH3 is 1. The quantitative estimate of drug-likeness (QED) is 0.789. The number of esters is 1. The van der Waals surface area contributed by atoms with Crippen LogP contribution in [-0.4, -0.2) is 31.3 Å². The first-order valence-corrected chi connectivity index (χ1v) is 6.19. The number of anilines is 1. The topological polar surface area (TPSA) is 49.8 Å². The monoisotopic (exact) mass is 251 g/mol. The second-order valence-electron chi connectivity index (χ2n) is 4.23. The molecule has 0 radical (unpaired) electrons. The molecule has 0 aliphatic carbocycles. The van der Waals surface area contributed by atoms with Gasteiger partial charge in [0.2, 0.25) is 0 Å². The van der Waals surface area contributed by atoms with Crippen LogP contribution in [0.5, 0.6) is 5.75 Å². The molecule has 0 heterocycles. The average molecular weight is 251 g/mol. The number of carbonyl (C=O) groups is 1. The zero-order valence-corrected chi connectivity index (χ0v) is 11.3. The zero-order chi connectivity index (χ0) is 13.5. The molecule has 1 rings (SSSR count). The van der Waals surface area contributed by atoms with Gasteiger partial charge in [-0.25, -0.2) is 0 Å². The van der Waals surface area contributed by atoms with E-state index >= 15 is 0 Å². The molecule has 4 heteroatoms. The fraction of sp³-hybridized carbons (Fsp3) is 0.500. The standard InChI is InChI=1S/C14H21NO3/c1-4-15(9-5-6-14(17)18-3)13-10-12(16)8-7-11(13)2/h7-8,10,16H,4-6,9H2,1-3H3. The lowest BCUT2D eigenvalue weighted by Gasteiger charge is -2.25. The van der Waals surface area contributed by atoms with Crippen molar-refractivity contribution in [3.05, 3.63) is 23.8 Å². The molecule has 0 aromatic heterocycles. The van der Waals surface area contributed by atoms with Gasteiger partial charge in [-0.1, -0.05) is 6.07 Å². The number of phenolic OH excluding ortho intramolecular Hbond substituents is 1. The predicted molar refractivity (Wildman–Crippen MR) is 72.0 cm³/mol. The Morgan fingerprint density at radius 3 is 2.78 bits per heavy atom. The van der Waals surface area contributed by atoms with E-state index < -0.39 is 0 Å². The number of hydrogen-bond acceptors (Lipinski definition) is 4. The number of carbonyl (C=O) groups excluding carboxylic acids is 1. The summed E-state index contributed by atoms with van der Waals surface area (Å²) in [5.41, 5.74) is 2.13. The maximum atomic E-state index is 11.1. The van der Waals surface area contributed by atoms with Crippen molar-refractivity contribution < 1.29 is 14.6 Å². The average Bonchev–Trinajstić information content (AvgIpc) is 2.37. The van der Waals surface area contributed by atoms with Crippen LogP contribution in [-0.2, 0) is 9.53 Å². The minimum atomic E-state index is -0.182. The third-order valence-corrected chi connectivity index (χ3v) is 2.95. The summed E-state index contributed by atoms with van der Waals surface area (Å²) in [6, 6.07) is 5.34. The summed E-state index contributed by atoms with van der Waals surface area (Å²) in [5, 5.41) is 9.53. The van der Waals surface area contributed by atoms with Gasteiger partial charge in [0.15, 0.2) is 0 Å². The second kappa shape index (κ2) is 6.89. The molecular formula is C14H21NO3. The van der Waals surface area contributed by atoms with Gasteiger partial charge >= 0.3 is 5.97 Å². The normalized spacial score (nSPS) is 10.2. The van der Waals surface area contributed by atoms with Crippen LogP contribution in [0.1, 0.15) is 25.3 Å². The highest BCUT2D eigenvalue weighted by Gasteiger charge is 2.09. The zero-order valence-electron chi connectivity index (χ0n) is 11.3. The first kappa shape index (κ1) is 14.4. The van der Waals surface area contributed by atoms with Crippen LogP contribution in [0.15, 0.2) is 18.2 Å². The largest absolute Gasteiger partial charge is 0.508 e. The highest BCUT2D eigenvalue weighted by atomic mass is 16.5. The summed E-state index contributed by atoms with van der Waals surface area (Å²) < 4.78 is 4.62. The first-order valence-electron chi connectivity index (χ1n) is 6.19. The third-order valence-electron chi connectivity index (χ3n) is 2.95.